The first-order chi connectivity index (χ1) is 13.6. The fourth-order valence-corrected chi connectivity index (χ4v) is 4.65. The first-order valence-corrected chi connectivity index (χ1v) is 11.0. The predicted molar refractivity (Wildman–Crippen MR) is 108 cm³/mol. The highest BCUT2D eigenvalue weighted by Gasteiger charge is 2.28. The number of carbonyl (C=O) groups is 1. The number of amides is 1. The van der Waals surface area contributed by atoms with E-state index in [-0.39, 0.29) is 11.7 Å². The molecular weight excluding hydrogens is 372 g/mol. The summed E-state index contributed by atoms with van der Waals surface area (Å²) in [6.07, 6.45) is 8.16. The van der Waals surface area contributed by atoms with Gasteiger partial charge in [0.2, 0.25) is 11.1 Å². The standard InChI is InChI=1S/C20H26N6OS/c1-12-13(2)26(15-6-4-3-5-7-15)19(16(12)10-21)22-17(27)11-28-20-23-18(24-25-20)14-8-9-14/h14-15H,3-9,11H2,1-2H3,(H,22,27)(H,23,24,25). The number of aromatic nitrogens is 4. The van der Waals surface area contributed by atoms with Gasteiger partial charge in [-0.25, -0.2) is 4.98 Å². The highest BCUT2D eigenvalue weighted by molar-refractivity contribution is 7.99. The lowest BCUT2D eigenvalue weighted by molar-refractivity contribution is -0.113. The number of H-pyrrole nitrogens is 1. The van der Waals surface area contributed by atoms with Crippen LogP contribution in [-0.2, 0) is 4.79 Å². The summed E-state index contributed by atoms with van der Waals surface area (Å²) in [7, 11) is 0. The normalized spacial score (nSPS) is 17.5. The molecule has 2 saturated carbocycles. The highest BCUT2D eigenvalue weighted by atomic mass is 32.2. The Balaban J connectivity index is 1.48. The Hall–Kier alpha value is -2.27. The van der Waals surface area contributed by atoms with E-state index in [2.05, 4.69) is 31.1 Å². The molecule has 1 amide bonds. The topological polar surface area (TPSA) is 99.4 Å². The smallest absolute Gasteiger partial charge is 0.235 e. The maximum Gasteiger partial charge on any atom is 0.235 e. The number of nitrogens with zero attached hydrogens (tertiary/aromatic N) is 4. The summed E-state index contributed by atoms with van der Waals surface area (Å²) in [6.45, 7) is 4.01. The Morgan fingerprint density at radius 2 is 2.04 bits per heavy atom. The molecule has 2 fully saturated rings. The summed E-state index contributed by atoms with van der Waals surface area (Å²) < 4.78 is 2.19. The molecule has 2 N–H and O–H groups in total. The summed E-state index contributed by atoms with van der Waals surface area (Å²) in [5, 5.41) is 20.4. The zero-order chi connectivity index (χ0) is 19.7. The maximum absolute atomic E-state index is 12.6. The first kappa shape index (κ1) is 19.1. The van der Waals surface area contributed by atoms with Crippen LogP contribution < -0.4 is 5.32 Å². The van der Waals surface area contributed by atoms with E-state index in [4.69, 9.17) is 0 Å². The summed E-state index contributed by atoms with van der Waals surface area (Å²) in [5.41, 5.74) is 2.61. The van der Waals surface area contributed by atoms with Crippen molar-refractivity contribution in [2.24, 2.45) is 0 Å². The van der Waals surface area contributed by atoms with Crippen molar-refractivity contribution in [3.8, 4) is 6.07 Å². The van der Waals surface area contributed by atoms with Gasteiger partial charge in [-0.05, 0) is 45.1 Å². The Morgan fingerprint density at radius 3 is 2.71 bits per heavy atom. The Bertz CT molecular complexity index is 914. The summed E-state index contributed by atoms with van der Waals surface area (Å²) in [6, 6.07) is 2.65. The molecule has 0 radical (unpaired) electrons. The summed E-state index contributed by atoms with van der Waals surface area (Å²) >= 11 is 1.32. The van der Waals surface area contributed by atoms with Crippen LogP contribution in [0.1, 0.15) is 79.6 Å². The minimum atomic E-state index is -0.131. The molecule has 2 aliphatic carbocycles. The summed E-state index contributed by atoms with van der Waals surface area (Å²) in [4.78, 5) is 17.1. The Kier molecular flexibility index (Phi) is 5.44. The molecule has 0 spiro atoms. The number of aromatic amines is 1. The van der Waals surface area contributed by atoms with Gasteiger partial charge >= 0.3 is 0 Å². The van der Waals surface area contributed by atoms with Crippen LogP contribution in [0, 0.1) is 25.2 Å². The van der Waals surface area contributed by atoms with Crippen molar-refractivity contribution in [2.45, 2.75) is 75.9 Å². The molecule has 2 aliphatic rings. The van der Waals surface area contributed by atoms with Gasteiger partial charge in [0.15, 0.2) is 0 Å². The van der Waals surface area contributed by atoms with Crippen molar-refractivity contribution in [3.05, 3.63) is 22.6 Å². The van der Waals surface area contributed by atoms with Gasteiger partial charge in [0, 0.05) is 17.7 Å². The van der Waals surface area contributed by atoms with E-state index in [1.54, 1.807) is 0 Å². The third-order valence-corrected chi connectivity index (χ3v) is 6.69. The van der Waals surface area contributed by atoms with Gasteiger partial charge in [-0.15, -0.1) is 5.10 Å². The SMILES string of the molecule is Cc1c(C#N)c(NC(=O)CSc2n[nH]c(C3CC3)n2)n(C2CCCCC2)c1C. The number of rotatable bonds is 6. The molecule has 2 aromatic rings. The molecular formula is C20H26N6OS. The minimum absolute atomic E-state index is 0.131. The number of nitrogens with one attached hydrogen (secondary N) is 2. The molecule has 7 nitrogen and oxygen atoms in total. The van der Waals surface area contributed by atoms with Crippen molar-refractivity contribution in [1.82, 2.24) is 19.7 Å². The van der Waals surface area contributed by atoms with Crippen molar-refractivity contribution >= 4 is 23.5 Å². The van der Waals surface area contributed by atoms with E-state index in [1.807, 2.05) is 13.8 Å². The van der Waals surface area contributed by atoms with Gasteiger partial charge in [0.05, 0.1) is 11.3 Å². The zero-order valence-corrected chi connectivity index (χ0v) is 17.2. The first-order valence-electron chi connectivity index (χ1n) is 10.0. The average molecular weight is 399 g/mol. The second-order valence-corrected chi connectivity index (χ2v) is 8.76. The third-order valence-electron chi connectivity index (χ3n) is 5.84. The predicted octanol–water partition coefficient (Wildman–Crippen LogP) is 4.21. The molecule has 0 saturated heterocycles. The van der Waals surface area contributed by atoms with Crippen LogP contribution in [0.5, 0.6) is 0 Å². The molecule has 2 heterocycles. The number of thioether (sulfide) groups is 1. The molecule has 0 unspecified atom stereocenters. The van der Waals surface area contributed by atoms with Gasteiger partial charge in [0.1, 0.15) is 17.7 Å². The van der Waals surface area contributed by atoms with Crippen LogP contribution in [0.15, 0.2) is 5.16 Å². The van der Waals surface area contributed by atoms with Crippen molar-refractivity contribution < 1.29 is 4.79 Å². The Morgan fingerprint density at radius 1 is 1.29 bits per heavy atom. The minimum Gasteiger partial charge on any atom is -0.327 e. The van der Waals surface area contributed by atoms with Crippen LogP contribution in [0.25, 0.3) is 0 Å². The van der Waals surface area contributed by atoms with E-state index in [9.17, 15) is 10.1 Å². The molecule has 0 bridgehead atoms. The molecule has 0 atom stereocenters. The molecule has 0 aliphatic heterocycles. The molecule has 8 heteroatoms. The van der Waals surface area contributed by atoms with E-state index in [1.165, 1.54) is 31.0 Å². The number of anilines is 1. The van der Waals surface area contributed by atoms with Gasteiger partial charge in [-0.2, -0.15) is 5.26 Å². The molecule has 148 valence electrons. The van der Waals surface area contributed by atoms with Crippen molar-refractivity contribution in [2.75, 3.05) is 11.1 Å². The van der Waals surface area contributed by atoms with Crippen LogP contribution in [-0.4, -0.2) is 31.4 Å². The largest absolute Gasteiger partial charge is 0.327 e. The van der Waals surface area contributed by atoms with E-state index >= 15 is 0 Å². The van der Waals surface area contributed by atoms with E-state index in [0.717, 1.165) is 42.8 Å². The quantitative estimate of drug-likeness (QED) is 0.710. The van der Waals surface area contributed by atoms with Gasteiger partial charge in [-0.3, -0.25) is 9.89 Å². The second-order valence-electron chi connectivity index (χ2n) is 7.82. The number of hydrogen-bond donors (Lipinski definition) is 2. The van der Waals surface area contributed by atoms with Crippen LogP contribution in [0.2, 0.25) is 0 Å². The fourth-order valence-electron chi connectivity index (χ4n) is 4.04. The monoisotopic (exact) mass is 398 g/mol. The lowest BCUT2D eigenvalue weighted by Crippen LogP contribution is -2.21. The van der Waals surface area contributed by atoms with Crippen molar-refractivity contribution in [3.63, 3.8) is 0 Å². The van der Waals surface area contributed by atoms with Gasteiger partial charge in [0.25, 0.3) is 0 Å². The highest BCUT2D eigenvalue weighted by Crippen LogP contribution is 2.39. The number of hydrogen-bond acceptors (Lipinski definition) is 5. The molecule has 28 heavy (non-hydrogen) atoms. The van der Waals surface area contributed by atoms with E-state index < -0.39 is 0 Å². The Labute approximate surface area is 169 Å². The molecule has 4 rings (SSSR count). The van der Waals surface area contributed by atoms with Crippen LogP contribution >= 0.6 is 11.8 Å². The van der Waals surface area contributed by atoms with Crippen LogP contribution in [0.3, 0.4) is 0 Å². The summed E-state index contributed by atoms with van der Waals surface area (Å²) in [5.74, 6) is 2.18. The van der Waals surface area contributed by atoms with Gasteiger partial charge < -0.3 is 9.88 Å². The lowest BCUT2D eigenvalue weighted by Gasteiger charge is -2.27. The average Bonchev–Trinajstić information content (AvgIpc) is 3.40. The maximum atomic E-state index is 12.6. The number of carbonyl (C=O) groups excluding carboxylic acids is 1. The van der Waals surface area contributed by atoms with Gasteiger partial charge in [-0.1, -0.05) is 31.0 Å². The third kappa shape index (κ3) is 3.81. The van der Waals surface area contributed by atoms with E-state index in [0.29, 0.717) is 28.5 Å². The van der Waals surface area contributed by atoms with Crippen LogP contribution in [0.4, 0.5) is 5.82 Å². The van der Waals surface area contributed by atoms with Crippen molar-refractivity contribution in [1.29, 1.82) is 5.26 Å². The number of nitriles is 1. The molecule has 2 aromatic heterocycles. The molecule has 0 aromatic carbocycles. The lowest BCUT2D eigenvalue weighted by atomic mass is 9.95. The fraction of sp³-hybridized carbons (Fsp3) is 0.600. The zero-order valence-electron chi connectivity index (χ0n) is 16.4. The second kappa shape index (κ2) is 8.00.